The van der Waals surface area contributed by atoms with Crippen LogP contribution in [0, 0.1) is 0 Å². The molecule has 4 aromatic rings. The quantitative estimate of drug-likeness (QED) is 0.104. The second kappa shape index (κ2) is 13.2. The van der Waals surface area contributed by atoms with Crippen LogP contribution in [0.5, 0.6) is 23.0 Å². The van der Waals surface area contributed by atoms with E-state index in [1.807, 2.05) is 24.3 Å². The first kappa shape index (κ1) is 31.8. The molecule has 45 heavy (non-hydrogen) atoms. The third-order valence-electron chi connectivity index (χ3n) is 7.20. The number of benzene rings is 3. The number of fused-ring (bicyclic) bond motifs is 6. The molecule has 0 aliphatic carbocycles. The number of rotatable bonds is 12. The number of amides is 1. The molecule has 0 bridgehead atoms. The van der Waals surface area contributed by atoms with Crippen LogP contribution in [0.1, 0.15) is 12.8 Å². The lowest BCUT2D eigenvalue weighted by atomic mass is 10.00. The number of likely N-dealkylation sites (N-methyl/N-ethyl adjacent to an activating group) is 1. The van der Waals surface area contributed by atoms with E-state index in [4.69, 9.17) is 29.4 Å². The van der Waals surface area contributed by atoms with E-state index in [0.29, 0.717) is 27.8 Å². The van der Waals surface area contributed by atoms with Crippen LogP contribution >= 0.6 is 0 Å². The van der Waals surface area contributed by atoms with Crippen LogP contribution in [0.15, 0.2) is 41.2 Å². The maximum absolute atomic E-state index is 13.9. The minimum atomic E-state index is -3.58. The van der Waals surface area contributed by atoms with E-state index in [9.17, 15) is 22.8 Å². The lowest BCUT2D eigenvalue weighted by Crippen LogP contribution is -2.33. The second-order valence-electron chi connectivity index (χ2n) is 10.3. The van der Waals surface area contributed by atoms with Gasteiger partial charge < -0.3 is 38.9 Å². The Balaban J connectivity index is 1.38. The van der Waals surface area contributed by atoms with Crippen molar-refractivity contribution in [2.45, 2.75) is 19.4 Å². The van der Waals surface area contributed by atoms with Gasteiger partial charge in [-0.2, -0.15) is 8.42 Å². The molecule has 0 saturated carbocycles. The summed E-state index contributed by atoms with van der Waals surface area (Å²) >= 11 is 0. The summed E-state index contributed by atoms with van der Waals surface area (Å²) in [4.78, 5) is 39.9. The molecule has 1 aliphatic heterocycles. The molecule has 15 heteroatoms. The number of ether oxygens (including phenoxy) is 5. The summed E-state index contributed by atoms with van der Waals surface area (Å²) in [5.41, 5.74) is 6.27. The largest absolute Gasteiger partial charge is 0.493 e. The van der Waals surface area contributed by atoms with Gasteiger partial charge in [0.15, 0.2) is 23.0 Å². The average molecular weight is 644 g/mol. The highest BCUT2D eigenvalue weighted by Gasteiger charge is 2.22. The molecule has 0 fully saturated rings. The molecule has 1 aliphatic rings. The summed E-state index contributed by atoms with van der Waals surface area (Å²) in [6, 6.07) is 10.7. The Hall–Kier alpha value is -4.60. The number of aromatic nitrogens is 1. The first-order valence-corrected chi connectivity index (χ1v) is 15.9. The number of pyridine rings is 1. The molecule has 1 amide bonds. The summed E-state index contributed by atoms with van der Waals surface area (Å²) in [5.74, 6) is 0.909. The van der Waals surface area contributed by atoms with E-state index >= 15 is 0 Å². The van der Waals surface area contributed by atoms with Crippen LogP contribution in [0.25, 0.3) is 32.4 Å². The van der Waals surface area contributed by atoms with Gasteiger partial charge in [-0.15, -0.1) is 0 Å². The van der Waals surface area contributed by atoms with Crippen molar-refractivity contribution in [1.29, 1.82) is 0 Å². The molecule has 0 unspecified atom stereocenters. The molecule has 2 N–H and O–H groups in total. The Morgan fingerprint density at radius 1 is 1.00 bits per heavy atom. The molecular weight excluding hydrogens is 610 g/mol. The fraction of sp³-hybridized carbons (Fsp3) is 0.367. The normalized spacial score (nSPS) is 12.5. The molecular formula is C30H33N3O11S. The third kappa shape index (κ3) is 6.90. The van der Waals surface area contributed by atoms with Gasteiger partial charge in [-0.05, 0) is 36.1 Å². The second-order valence-corrected chi connectivity index (χ2v) is 12.0. The fourth-order valence-electron chi connectivity index (χ4n) is 5.05. The van der Waals surface area contributed by atoms with Crippen molar-refractivity contribution in [2.75, 3.05) is 53.5 Å². The maximum atomic E-state index is 13.9. The Labute approximate surface area is 258 Å². The number of carbonyl (C=O) groups excluding carboxylic acids is 2. The van der Waals surface area contributed by atoms with E-state index in [-0.39, 0.29) is 69.5 Å². The van der Waals surface area contributed by atoms with Crippen molar-refractivity contribution >= 4 is 54.6 Å². The molecule has 0 saturated heterocycles. The standard InChI is InChI=1S/C30H33N3O11S/c1-32(10-12-40-27(34)5-4-11-43-45(3,37)38)30(36)44-26-16-22-21(15-23(26)39-2)19-7-6-18-13-24-25(42-17-41-24)14-20(18)28(19)33(9-8-31)29(22)35/h6-7,13-16H,4-5,8-12,17,31H2,1-3H3. The molecule has 2 heterocycles. The van der Waals surface area contributed by atoms with Crippen LogP contribution in [-0.4, -0.2) is 83.5 Å². The van der Waals surface area contributed by atoms with E-state index in [2.05, 4.69) is 4.18 Å². The van der Waals surface area contributed by atoms with Crippen molar-refractivity contribution in [3.8, 4) is 23.0 Å². The summed E-state index contributed by atoms with van der Waals surface area (Å²) in [5, 5.41) is 3.33. The van der Waals surface area contributed by atoms with E-state index in [1.54, 1.807) is 10.6 Å². The minimum absolute atomic E-state index is 0.0137. The number of methoxy groups -OCH3 is 1. The monoisotopic (exact) mass is 643 g/mol. The summed E-state index contributed by atoms with van der Waals surface area (Å²) < 4.78 is 55.5. The Morgan fingerprint density at radius 3 is 2.44 bits per heavy atom. The van der Waals surface area contributed by atoms with Gasteiger partial charge in [-0.25, -0.2) is 4.79 Å². The highest BCUT2D eigenvalue weighted by molar-refractivity contribution is 7.85. The lowest BCUT2D eigenvalue weighted by molar-refractivity contribution is -0.144. The lowest BCUT2D eigenvalue weighted by Gasteiger charge is -2.19. The first-order chi connectivity index (χ1) is 21.5. The summed E-state index contributed by atoms with van der Waals surface area (Å²) in [7, 11) is -0.693. The molecule has 14 nitrogen and oxygen atoms in total. The van der Waals surface area contributed by atoms with Gasteiger partial charge in [0, 0.05) is 42.7 Å². The first-order valence-electron chi connectivity index (χ1n) is 14.0. The third-order valence-corrected chi connectivity index (χ3v) is 7.79. The van der Waals surface area contributed by atoms with Gasteiger partial charge in [0.2, 0.25) is 6.79 Å². The number of esters is 1. The summed E-state index contributed by atoms with van der Waals surface area (Å²) in [6.45, 7) is 0.334. The highest BCUT2D eigenvalue weighted by atomic mass is 32.2. The molecule has 0 radical (unpaired) electrons. The molecule has 0 spiro atoms. The van der Waals surface area contributed by atoms with Gasteiger partial charge in [-0.3, -0.25) is 13.8 Å². The molecule has 5 rings (SSSR count). The van der Waals surface area contributed by atoms with E-state index in [1.165, 1.54) is 25.1 Å². The zero-order chi connectivity index (χ0) is 32.3. The van der Waals surface area contributed by atoms with E-state index in [0.717, 1.165) is 22.4 Å². The highest BCUT2D eigenvalue weighted by Crippen LogP contribution is 2.41. The number of nitrogens with two attached hydrogens (primary N) is 1. The number of nitrogens with zero attached hydrogens (tertiary/aromatic N) is 2. The van der Waals surface area contributed by atoms with Crippen molar-refractivity contribution in [3.05, 3.63) is 46.8 Å². The number of hydrogen-bond acceptors (Lipinski definition) is 12. The van der Waals surface area contributed by atoms with Crippen LogP contribution in [0.3, 0.4) is 0 Å². The predicted molar refractivity (Wildman–Crippen MR) is 165 cm³/mol. The van der Waals surface area contributed by atoms with Gasteiger partial charge in [-0.1, -0.05) is 12.1 Å². The van der Waals surface area contributed by atoms with Crippen LogP contribution < -0.4 is 30.2 Å². The van der Waals surface area contributed by atoms with Crippen LogP contribution in [-0.2, 0) is 30.4 Å². The maximum Gasteiger partial charge on any atom is 0.415 e. The molecule has 3 aromatic carbocycles. The minimum Gasteiger partial charge on any atom is -0.493 e. The Bertz CT molecular complexity index is 1960. The van der Waals surface area contributed by atoms with Crippen molar-refractivity contribution in [2.24, 2.45) is 5.73 Å². The van der Waals surface area contributed by atoms with Crippen molar-refractivity contribution < 1.29 is 45.9 Å². The Kier molecular flexibility index (Phi) is 9.32. The molecule has 0 atom stereocenters. The van der Waals surface area contributed by atoms with Crippen LogP contribution in [0.4, 0.5) is 4.79 Å². The zero-order valence-corrected chi connectivity index (χ0v) is 25.8. The van der Waals surface area contributed by atoms with E-state index < -0.39 is 22.2 Å². The molecule has 240 valence electrons. The molecule has 1 aromatic heterocycles. The number of carbonyl (C=O) groups is 2. The fourth-order valence-corrected chi connectivity index (χ4v) is 5.47. The number of hydrogen-bond donors (Lipinski definition) is 1. The zero-order valence-electron chi connectivity index (χ0n) is 25.0. The Morgan fingerprint density at radius 2 is 1.73 bits per heavy atom. The van der Waals surface area contributed by atoms with Gasteiger partial charge in [0.05, 0.1) is 37.4 Å². The van der Waals surface area contributed by atoms with Gasteiger partial charge >= 0.3 is 12.1 Å². The van der Waals surface area contributed by atoms with Gasteiger partial charge in [0.25, 0.3) is 15.7 Å². The SMILES string of the molecule is COc1cc2c(cc1OC(=O)N(C)CCOC(=O)CCCOS(C)(=O)=O)c(=O)n(CCN)c1c3cc4c(cc3ccc21)OCO4. The average Bonchev–Trinajstić information content (AvgIpc) is 3.46. The topological polar surface area (TPSA) is 175 Å². The summed E-state index contributed by atoms with van der Waals surface area (Å²) in [6.07, 6.45) is 0.269. The van der Waals surface area contributed by atoms with Crippen LogP contribution in [0.2, 0.25) is 0 Å². The van der Waals surface area contributed by atoms with Crippen molar-refractivity contribution in [3.63, 3.8) is 0 Å². The predicted octanol–water partition coefficient (Wildman–Crippen LogP) is 2.73. The van der Waals surface area contributed by atoms with Crippen molar-refractivity contribution in [1.82, 2.24) is 9.47 Å². The van der Waals surface area contributed by atoms with Gasteiger partial charge in [0.1, 0.15) is 6.61 Å². The smallest absolute Gasteiger partial charge is 0.415 e.